The number of carbonyl (C=O) groups excluding carboxylic acids is 1. The molecule has 0 atom stereocenters. The molecule has 0 aromatic heterocycles. The predicted molar refractivity (Wildman–Crippen MR) is 82.9 cm³/mol. The van der Waals surface area contributed by atoms with Gasteiger partial charge in [0.2, 0.25) is 0 Å². The molecule has 0 bridgehead atoms. The van der Waals surface area contributed by atoms with Gasteiger partial charge in [-0.1, -0.05) is 0 Å². The van der Waals surface area contributed by atoms with E-state index >= 15 is 0 Å². The van der Waals surface area contributed by atoms with Gasteiger partial charge in [0.25, 0.3) is 0 Å². The minimum absolute atomic E-state index is 0.0862. The molecule has 2 nitrogen and oxygen atoms in total. The number of benzene rings is 2. The van der Waals surface area contributed by atoms with E-state index in [1.54, 1.807) is 24.3 Å². The number of rotatable bonds is 6. The minimum atomic E-state index is -1.07. The summed E-state index contributed by atoms with van der Waals surface area (Å²) in [5.41, 5.74) is 0.605. The van der Waals surface area contributed by atoms with Crippen LogP contribution in [0.25, 0.3) is 0 Å². The first-order valence-corrected chi connectivity index (χ1v) is 8.84. The summed E-state index contributed by atoms with van der Waals surface area (Å²) in [6.45, 7) is 2.36. The topological polar surface area (TPSA) is 26.3 Å². The van der Waals surface area contributed by atoms with Gasteiger partial charge in [0, 0.05) is 0 Å². The summed E-state index contributed by atoms with van der Waals surface area (Å²) >= 11 is -1.07. The van der Waals surface area contributed by atoms with E-state index in [-0.39, 0.29) is 9.65 Å². The Morgan fingerprint density at radius 3 is 2.62 bits per heavy atom. The quantitative estimate of drug-likeness (QED) is 0.553. The van der Waals surface area contributed by atoms with Crippen molar-refractivity contribution in [3.63, 3.8) is 0 Å². The third-order valence-corrected chi connectivity index (χ3v) is 5.31. The van der Waals surface area contributed by atoms with Crippen molar-refractivity contribution in [3.8, 4) is 5.75 Å². The summed E-state index contributed by atoms with van der Waals surface area (Å²) in [6.07, 6.45) is 3.79. The molecular formula is C17H15FO2Te. The van der Waals surface area contributed by atoms with Crippen molar-refractivity contribution in [1.82, 2.24) is 0 Å². The molecule has 108 valence electrons. The second kappa shape index (κ2) is 7.97. The van der Waals surface area contributed by atoms with E-state index in [0.717, 1.165) is 3.61 Å². The van der Waals surface area contributed by atoms with E-state index in [2.05, 4.69) is 0 Å². The van der Waals surface area contributed by atoms with Crippen molar-refractivity contribution < 1.29 is 13.9 Å². The van der Waals surface area contributed by atoms with Crippen LogP contribution in [0.1, 0.15) is 17.3 Å². The maximum absolute atomic E-state index is 12.9. The molecule has 0 aliphatic rings. The van der Waals surface area contributed by atoms with Crippen molar-refractivity contribution in [1.29, 1.82) is 0 Å². The Kier molecular flexibility index (Phi) is 5.98. The summed E-state index contributed by atoms with van der Waals surface area (Å²) in [6, 6.07) is 13.4. The molecule has 0 saturated carbocycles. The van der Waals surface area contributed by atoms with Crippen molar-refractivity contribution in [2.24, 2.45) is 0 Å². The molecule has 0 spiro atoms. The van der Waals surface area contributed by atoms with Crippen LogP contribution in [0.15, 0.2) is 60.7 Å². The van der Waals surface area contributed by atoms with E-state index in [0.29, 0.717) is 17.9 Å². The number of ether oxygens (including phenoxy) is 1. The Morgan fingerprint density at radius 1 is 1.19 bits per heavy atom. The molecule has 0 unspecified atom stereocenters. The fraction of sp³-hybridized carbons (Fsp3) is 0.118. The number of halogens is 1. The van der Waals surface area contributed by atoms with Crippen molar-refractivity contribution in [2.75, 3.05) is 6.61 Å². The van der Waals surface area contributed by atoms with Crippen LogP contribution >= 0.6 is 0 Å². The van der Waals surface area contributed by atoms with E-state index in [1.165, 1.54) is 12.1 Å². The molecule has 0 N–H and O–H groups in total. The molecule has 0 heterocycles. The number of para-hydroxylation sites is 1. The van der Waals surface area contributed by atoms with Gasteiger partial charge in [0.1, 0.15) is 0 Å². The fourth-order valence-corrected chi connectivity index (χ4v) is 3.84. The van der Waals surface area contributed by atoms with Gasteiger partial charge in [-0.15, -0.1) is 0 Å². The van der Waals surface area contributed by atoms with E-state index in [1.807, 2.05) is 31.2 Å². The Labute approximate surface area is 133 Å². The number of carbonyl (C=O) groups is 1. The average molecular weight is 398 g/mol. The maximum atomic E-state index is 12.9. The molecule has 2 aromatic rings. The Hall–Kier alpha value is -1.63. The molecular weight excluding hydrogens is 383 g/mol. The van der Waals surface area contributed by atoms with Crippen LogP contribution < -0.4 is 8.35 Å². The summed E-state index contributed by atoms with van der Waals surface area (Å²) in [5.74, 6) is 0.321. The van der Waals surface area contributed by atoms with Gasteiger partial charge in [0.05, 0.1) is 0 Å². The van der Waals surface area contributed by atoms with Crippen LogP contribution in [0.3, 0.4) is 0 Å². The van der Waals surface area contributed by atoms with Crippen LogP contribution in [-0.4, -0.2) is 31.4 Å². The number of hydrogen-bond acceptors (Lipinski definition) is 2. The van der Waals surface area contributed by atoms with Crippen LogP contribution in [0, 0.1) is 5.82 Å². The average Bonchev–Trinajstić information content (AvgIpc) is 2.50. The van der Waals surface area contributed by atoms with Gasteiger partial charge in [-0.05, 0) is 0 Å². The Bertz CT molecular complexity index is 635. The molecule has 21 heavy (non-hydrogen) atoms. The third-order valence-electron chi connectivity index (χ3n) is 2.70. The Balaban J connectivity index is 2.13. The first-order chi connectivity index (χ1) is 10.2. The summed E-state index contributed by atoms with van der Waals surface area (Å²) in [7, 11) is 0. The van der Waals surface area contributed by atoms with Gasteiger partial charge in [-0.2, -0.15) is 0 Å². The molecule has 0 amide bonds. The molecule has 0 aliphatic carbocycles. The van der Waals surface area contributed by atoms with E-state index < -0.39 is 20.9 Å². The van der Waals surface area contributed by atoms with Gasteiger partial charge in [-0.25, -0.2) is 0 Å². The first kappa shape index (κ1) is 15.8. The monoisotopic (exact) mass is 400 g/mol. The zero-order valence-corrected chi connectivity index (χ0v) is 13.9. The van der Waals surface area contributed by atoms with Gasteiger partial charge >= 0.3 is 134 Å². The zero-order valence-electron chi connectivity index (χ0n) is 11.6. The molecule has 4 heteroatoms. The van der Waals surface area contributed by atoms with Crippen LogP contribution in [0.4, 0.5) is 4.39 Å². The van der Waals surface area contributed by atoms with Crippen LogP contribution in [0.2, 0.25) is 0 Å². The molecule has 0 fully saturated rings. The summed E-state index contributed by atoms with van der Waals surface area (Å²) < 4.78 is 19.5. The van der Waals surface area contributed by atoms with Crippen LogP contribution in [-0.2, 0) is 0 Å². The molecule has 0 radical (unpaired) electrons. The van der Waals surface area contributed by atoms with Gasteiger partial charge < -0.3 is 0 Å². The number of allylic oxidation sites excluding steroid dienone is 1. The Morgan fingerprint density at radius 2 is 1.90 bits per heavy atom. The van der Waals surface area contributed by atoms with Crippen LogP contribution in [0.5, 0.6) is 5.75 Å². The molecule has 0 saturated heterocycles. The fourth-order valence-electron chi connectivity index (χ4n) is 1.66. The second-order valence-electron chi connectivity index (χ2n) is 4.22. The van der Waals surface area contributed by atoms with E-state index in [4.69, 9.17) is 4.74 Å². The first-order valence-electron chi connectivity index (χ1n) is 6.51. The predicted octanol–water partition coefficient (Wildman–Crippen LogP) is 2.95. The zero-order chi connectivity index (χ0) is 15.1. The SMILES string of the molecule is C/C=C/COc1ccccc1C(=O)[Te]c1ccc(F)cc1. The van der Waals surface area contributed by atoms with Gasteiger partial charge in [0.15, 0.2) is 0 Å². The van der Waals surface area contributed by atoms with Crippen molar-refractivity contribution >= 4 is 28.4 Å². The normalized spacial score (nSPS) is 10.8. The van der Waals surface area contributed by atoms with E-state index in [9.17, 15) is 9.18 Å². The van der Waals surface area contributed by atoms with Crippen molar-refractivity contribution in [2.45, 2.75) is 6.92 Å². The standard InChI is InChI=1S/C17H15FO2Te/c1-2-3-12-20-16-7-5-4-6-15(16)17(19)21-14-10-8-13(18)9-11-14/h2-11H,12H2,1H3/b3-2+. The molecule has 2 aromatic carbocycles. The van der Waals surface area contributed by atoms with Crippen molar-refractivity contribution in [3.05, 3.63) is 72.1 Å². The third kappa shape index (κ3) is 4.70. The second-order valence-corrected chi connectivity index (χ2v) is 7.21. The molecule has 0 aliphatic heterocycles. The summed E-state index contributed by atoms with van der Waals surface area (Å²) in [4.78, 5) is 12.4. The summed E-state index contributed by atoms with van der Waals surface area (Å²) in [5, 5.41) is 0. The molecule has 2 rings (SSSR count). The number of hydrogen-bond donors (Lipinski definition) is 0. The van der Waals surface area contributed by atoms with Gasteiger partial charge in [-0.3, -0.25) is 0 Å².